The van der Waals surface area contributed by atoms with E-state index in [1.165, 1.54) is 12.5 Å². The molecule has 2 atom stereocenters. The van der Waals surface area contributed by atoms with Crippen LogP contribution in [0, 0.1) is 17.2 Å². The first-order chi connectivity index (χ1) is 10.7. The number of rotatable bonds is 4. The van der Waals surface area contributed by atoms with Gasteiger partial charge in [-0.2, -0.15) is 5.26 Å². The Labute approximate surface area is 129 Å². The van der Waals surface area contributed by atoms with Gasteiger partial charge < -0.3 is 9.73 Å². The molecule has 1 aliphatic rings. The van der Waals surface area contributed by atoms with Crippen LogP contribution in [-0.2, 0) is 4.79 Å². The molecular weight excluding hydrogens is 276 g/mol. The van der Waals surface area contributed by atoms with Gasteiger partial charge in [-0.25, -0.2) is 0 Å². The summed E-state index contributed by atoms with van der Waals surface area (Å²) < 4.78 is 5.71. The zero-order valence-electron chi connectivity index (χ0n) is 12.2. The van der Waals surface area contributed by atoms with Crippen LogP contribution >= 0.6 is 0 Å². The van der Waals surface area contributed by atoms with E-state index in [-0.39, 0.29) is 5.91 Å². The SMILES string of the molecule is CC1CC1c1ccc(/C=C/C(=O)Nc2cccc(C#N)c2)o1. The quantitative estimate of drug-likeness (QED) is 0.868. The fourth-order valence-corrected chi connectivity index (χ4v) is 2.38. The Morgan fingerprint density at radius 3 is 2.95 bits per heavy atom. The van der Waals surface area contributed by atoms with Crippen LogP contribution in [0.3, 0.4) is 0 Å². The molecular formula is C18H16N2O2. The van der Waals surface area contributed by atoms with Gasteiger partial charge in [-0.1, -0.05) is 13.0 Å². The van der Waals surface area contributed by atoms with Crippen LogP contribution in [0.1, 0.15) is 36.3 Å². The van der Waals surface area contributed by atoms with Gasteiger partial charge in [0.05, 0.1) is 11.6 Å². The lowest BCUT2D eigenvalue weighted by Gasteiger charge is -2.01. The minimum atomic E-state index is -0.257. The molecule has 1 fully saturated rings. The number of nitriles is 1. The Morgan fingerprint density at radius 1 is 1.41 bits per heavy atom. The Hall–Kier alpha value is -2.80. The van der Waals surface area contributed by atoms with Gasteiger partial charge in [0.15, 0.2) is 0 Å². The largest absolute Gasteiger partial charge is 0.461 e. The third-order valence-electron chi connectivity index (χ3n) is 3.78. The van der Waals surface area contributed by atoms with Crippen molar-refractivity contribution >= 4 is 17.7 Å². The van der Waals surface area contributed by atoms with Crippen LogP contribution < -0.4 is 5.32 Å². The molecule has 0 bridgehead atoms. The second-order valence-electron chi connectivity index (χ2n) is 5.57. The number of furan rings is 1. The predicted octanol–water partition coefficient (Wildman–Crippen LogP) is 3.93. The summed E-state index contributed by atoms with van der Waals surface area (Å²) in [4.78, 5) is 11.9. The van der Waals surface area contributed by atoms with Crippen molar-refractivity contribution in [1.82, 2.24) is 0 Å². The van der Waals surface area contributed by atoms with Gasteiger partial charge in [0.1, 0.15) is 11.5 Å². The van der Waals surface area contributed by atoms with Crippen molar-refractivity contribution in [3.05, 3.63) is 59.6 Å². The Balaban J connectivity index is 1.61. The lowest BCUT2D eigenvalue weighted by Crippen LogP contribution is -2.07. The normalized spacial score (nSPS) is 19.8. The van der Waals surface area contributed by atoms with Gasteiger partial charge in [-0.15, -0.1) is 0 Å². The van der Waals surface area contributed by atoms with Crippen molar-refractivity contribution in [2.75, 3.05) is 5.32 Å². The molecule has 0 aliphatic heterocycles. The number of carbonyl (C=O) groups is 1. The molecule has 110 valence electrons. The van der Waals surface area contributed by atoms with Gasteiger partial charge in [0, 0.05) is 17.7 Å². The topological polar surface area (TPSA) is 66.0 Å². The molecule has 0 radical (unpaired) electrons. The molecule has 1 N–H and O–H groups in total. The molecule has 1 aliphatic carbocycles. The second-order valence-corrected chi connectivity index (χ2v) is 5.57. The molecule has 4 heteroatoms. The van der Waals surface area contributed by atoms with Crippen molar-refractivity contribution in [3.8, 4) is 6.07 Å². The number of hydrogen-bond donors (Lipinski definition) is 1. The summed E-state index contributed by atoms with van der Waals surface area (Å²) >= 11 is 0. The monoisotopic (exact) mass is 292 g/mol. The van der Waals surface area contributed by atoms with Gasteiger partial charge in [-0.3, -0.25) is 4.79 Å². The maximum absolute atomic E-state index is 11.9. The molecule has 22 heavy (non-hydrogen) atoms. The summed E-state index contributed by atoms with van der Waals surface area (Å²) in [5.74, 6) is 2.64. The second kappa shape index (κ2) is 5.90. The van der Waals surface area contributed by atoms with E-state index in [4.69, 9.17) is 9.68 Å². The molecule has 3 rings (SSSR count). The van der Waals surface area contributed by atoms with Crippen LogP contribution in [0.25, 0.3) is 6.08 Å². The zero-order valence-corrected chi connectivity index (χ0v) is 12.2. The van der Waals surface area contributed by atoms with E-state index < -0.39 is 0 Å². The number of hydrogen-bond acceptors (Lipinski definition) is 3. The summed E-state index contributed by atoms with van der Waals surface area (Å²) in [5, 5.41) is 11.5. The first-order valence-corrected chi connectivity index (χ1v) is 7.24. The minimum absolute atomic E-state index is 0.257. The molecule has 1 aromatic heterocycles. The standard InChI is InChI=1S/C18H16N2O2/c1-12-9-16(12)17-7-5-15(22-17)6-8-18(21)20-14-4-2-3-13(10-14)11-19/h2-8,10,12,16H,9H2,1H3,(H,20,21)/b8-6+. The molecule has 1 heterocycles. The van der Waals surface area contributed by atoms with Gasteiger partial charge in [0.2, 0.25) is 5.91 Å². The van der Waals surface area contributed by atoms with Crippen LogP contribution in [0.15, 0.2) is 46.9 Å². The fraction of sp³-hybridized carbons (Fsp3) is 0.222. The summed E-state index contributed by atoms with van der Waals surface area (Å²) in [6.45, 7) is 2.20. The van der Waals surface area contributed by atoms with E-state index in [0.29, 0.717) is 28.8 Å². The third-order valence-corrected chi connectivity index (χ3v) is 3.78. The molecule has 1 saturated carbocycles. The summed E-state index contributed by atoms with van der Waals surface area (Å²) in [5.41, 5.74) is 1.11. The third kappa shape index (κ3) is 3.26. The van der Waals surface area contributed by atoms with E-state index in [1.807, 2.05) is 18.2 Å². The lowest BCUT2D eigenvalue weighted by atomic mass is 10.2. The molecule has 1 amide bonds. The highest BCUT2D eigenvalue weighted by atomic mass is 16.3. The average Bonchev–Trinajstić information content (AvgIpc) is 3.07. The smallest absolute Gasteiger partial charge is 0.248 e. The van der Waals surface area contributed by atoms with Gasteiger partial charge in [0.25, 0.3) is 0 Å². The first-order valence-electron chi connectivity index (χ1n) is 7.24. The number of nitrogens with one attached hydrogen (secondary N) is 1. The highest BCUT2D eigenvalue weighted by Gasteiger charge is 2.36. The minimum Gasteiger partial charge on any atom is -0.461 e. The maximum atomic E-state index is 11.9. The van der Waals surface area contributed by atoms with E-state index in [1.54, 1.807) is 30.3 Å². The van der Waals surface area contributed by atoms with Crippen LogP contribution in [0.2, 0.25) is 0 Å². The predicted molar refractivity (Wildman–Crippen MR) is 84.1 cm³/mol. The molecule has 0 spiro atoms. The fourth-order valence-electron chi connectivity index (χ4n) is 2.38. The van der Waals surface area contributed by atoms with Crippen LogP contribution in [-0.4, -0.2) is 5.91 Å². The Kier molecular flexibility index (Phi) is 3.80. The van der Waals surface area contributed by atoms with E-state index in [9.17, 15) is 4.79 Å². The van der Waals surface area contributed by atoms with E-state index in [2.05, 4.69) is 12.2 Å². The Morgan fingerprint density at radius 2 is 2.23 bits per heavy atom. The number of benzene rings is 1. The van der Waals surface area contributed by atoms with Crippen LogP contribution in [0.5, 0.6) is 0 Å². The number of nitrogens with zero attached hydrogens (tertiary/aromatic N) is 1. The number of amides is 1. The van der Waals surface area contributed by atoms with E-state index in [0.717, 1.165) is 5.76 Å². The van der Waals surface area contributed by atoms with Crippen molar-refractivity contribution < 1.29 is 9.21 Å². The molecule has 1 aromatic carbocycles. The van der Waals surface area contributed by atoms with Crippen molar-refractivity contribution in [3.63, 3.8) is 0 Å². The van der Waals surface area contributed by atoms with Crippen molar-refractivity contribution in [2.24, 2.45) is 5.92 Å². The maximum Gasteiger partial charge on any atom is 0.248 e. The van der Waals surface area contributed by atoms with Crippen LogP contribution in [0.4, 0.5) is 5.69 Å². The zero-order chi connectivity index (χ0) is 15.5. The highest BCUT2D eigenvalue weighted by molar-refractivity contribution is 6.01. The number of anilines is 1. The average molecular weight is 292 g/mol. The Bertz CT molecular complexity index is 767. The molecule has 2 aromatic rings. The van der Waals surface area contributed by atoms with E-state index >= 15 is 0 Å². The highest BCUT2D eigenvalue weighted by Crippen LogP contribution is 2.47. The molecule has 0 saturated heterocycles. The summed E-state index contributed by atoms with van der Waals surface area (Å²) in [6.07, 6.45) is 4.25. The van der Waals surface area contributed by atoms with Gasteiger partial charge in [-0.05, 0) is 48.7 Å². The summed E-state index contributed by atoms with van der Waals surface area (Å²) in [6, 6.07) is 12.7. The van der Waals surface area contributed by atoms with Gasteiger partial charge >= 0.3 is 0 Å². The lowest BCUT2D eigenvalue weighted by molar-refractivity contribution is -0.111. The molecule has 2 unspecified atom stereocenters. The first kappa shape index (κ1) is 14.2. The van der Waals surface area contributed by atoms with Crippen molar-refractivity contribution in [2.45, 2.75) is 19.3 Å². The van der Waals surface area contributed by atoms with Crippen molar-refractivity contribution in [1.29, 1.82) is 5.26 Å². The molecule has 4 nitrogen and oxygen atoms in total. The number of carbonyl (C=O) groups excluding carboxylic acids is 1. The summed E-state index contributed by atoms with van der Waals surface area (Å²) in [7, 11) is 0.